The number of halogens is 1. The molecule has 1 aromatic heterocycles. The van der Waals surface area contributed by atoms with Crippen LogP contribution in [0.2, 0.25) is 0 Å². The van der Waals surface area contributed by atoms with E-state index >= 15 is 0 Å². The smallest absolute Gasteiger partial charge is 0.203 e. The maximum atomic E-state index is 13.0. The standard InChI is InChI=1S/C10H13FN4/c11-8-3-4-9(12)15(7-8)10(13)14-5-1-2-6-14/h3-4,7,12-13H,1-2,5-6H2. The number of likely N-dealkylation sites (tertiary alicyclic amines) is 1. The molecule has 2 N–H and O–H groups in total. The second-order valence-corrected chi connectivity index (χ2v) is 3.62. The van der Waals surface area contributed by atoms with Gasteiger partial charge in [0.1, 0.15) is 11.3 Å². The van der Waals surface area contributed by atoms with Crippen molar-refractivity contribution in [2.75, 3.05) is 13.1 Å². The van der Waals surface area contributed by atoms with Crippen LogP contribution in [0.25, 0.3) is 0 Å². The van der Waals surface area contributed by atoms with Crippen molar-refractivity contribution in [3.05, 3.63) is 29.6 Å². The van der Waals surface area contributed by atoms with Crippen LogP contribution in [0.3, 0.4) is 0 Å². The minimum absolute atomic E-state index is 0.133. The molecule has 0 aliphatic carbocycles. The van der Waals surface area contributed by atoms with Gasteiger partial charge in [0.2, 0.25) is 5.96 Å². The summed E-state index contributed by atoms with van der Waals surface area (Å²) in [5.74, 6) is -0.230. The lowest BCUT2D eigenvalue weighted by Crippen LogP contribution is -2.38. The van der Waals surface area contributed by atoms with E-state index < -0.39 is 5.82 Å². The predicted molar refractivity (Wildman–Crippen MR) is 54.2 cm³/mol. The van der Waals surface area contributed by atoms with Gasteiger partial charge in [-0.05, 0) is 25.0 Å². The third-order valence-electron chi connectivity index (χ3n) is 2.55. The first-order chi connectivity index (χ1) is 7.18. The van der Waals surface area contributed by atoms with Crippen molar-refractivity contribution >= 4 is 5.96 Å². The molecule has 0 saturated carbocycles. The van der Waals surface area contributed by atoms with Crippen LogP contribution in [-0.2, 0) is 0 Å². The van der Waals surface area contributed by atoms with E-state index in [1.54, 1.807) is 0 Å². The van der Waals surface area contributed by atoms with E-state index in [1.807, 2.05) is 4.90 Å². The Morgan fingerprint density at radius 1 is 1.27 bits per heavy atom. The molecule has 1 aliphatic rings. The Hall–Kier alpha value is -1.65. The molecule has 4 nitrogen and oxygen atoms in total. The Bertz CT molecular complexity index is 431. The molecular weight excluding hydrogens is 195 g/mol. The molecule has 1 aliphatic heterocycles. The monoisotopic (exact) mass is 208 g/mol. The lowest BCUT2D eigenvalue weighted by Gasteiger charge is -2.19. The molecule has 0 aromatic carbocycles. The molecule has 0 radical (unpaired) electrons. The van der Waals surface area contributed by atoms with Gasteiger partial charge in [-0.3, -0.25) is 15.4 Å². The van der Waals surface area contributed by atoms with Crippen molar-refractivity contribution in [2.24, 2.45) is 0 Å². The molecule has 0 amide bonds. The van der Waals surface area contributed by atoms with Crippen LogP contribution in [0.5, 0.6) is 0 Å². The van der Waals surface area contributed by atoms with Crippen LogP contribution in [0.15, 0.2) is 18.3 Å². The quantitative estimate of drug-likeness (QED) is 0.484. The number of nitrogens with one attached hydrogen (secondary N) is 2. The van der Waals surface area contributed by atoms with Crippen molar-refractivity contribution < 1.29 is 4.39 Å². The molecule has 1 saturated heterocycles. The molecule has 1 aromatic rings. The van der Waals surface area contributed by atoms with Gasteiger partial charge in [-0.25, -0.2) is 4.39 Å². The third kappa shape index (κ3) is 1.91. The fourth-order valence-electron chi connectivity index (χ4n) is 1.73. The minimum atomic E-state index is -0.421. The van der Waals surface area contributed by atoms with Crippen LogP contribution < -0.4 is 5.49 Å². The largest absolute Gasteiger partial charge is 0.342 e. The zero-order chi connectivity index (χ0) is 10.8. The van der Waals surface area contributed by atoms with Gasteiger partial charge in [0.15, 0.2) is 0 Å². The summed E-state index contributed by atoms with van der Waals surface area (Å²) < 4.78 is 14.2. The van der Waals surface area contributed by atoms with Gasteiger partial charge in [0.05, 0.1) is 0 Å². The van der Waals surface area contributed by atoms with Crippen LogP contribution in [0, 0.1) is 16.6 Å². The van der Waals surface area contributed by atoms with Crippen LogP contribution in [-0.4, -0.2) is 28.5 Å². The highest BCUT2D eigenvalue weighted by atomic mass is 19.1. The Balaban J connectivity index is 2.32. The molecule has 1 fully saturated rings. The first-order valence-corrected chi connectivity index (χ1v) is 4.95. The number of hydrogen-bond donors (Lipinski definition) is 2. The molecule has 80 valence electrons. The van der Waals surface area contributed by atoms with Crippen molar-refractivity contribution in [1.29, 1.82) is 10.8 Å². The van der Waals surface area contributed by atoms with Crippen molar-refractivity contribution in [3.63, 3.8) is 0 Å². The van der Waals surface area contributed by atoms with E-state index in [-0.39, 0.29) is 11.4 Å². The topological polar surface area (TPSA) is 55.9 Å². The number of nitrogens with zero attached hydrogens (tertiary/aromatic N) is 2. The van der Waals surface area contributed by atoms with E-state index in [0.717, 1.165) is 25.9 Å². The number of rotatable bonds is 0. The van der Waals surface area contributed by atoms with E-state index in [2.05, 4.69) is 0 Å². The van der Waals surface area contributed by atoms with Gasteiger partial charge >= 0.3 is 0 Å². The summed E-state index contributed by atoms with van der Waals surface area (Å²) in [6, 6.07) is 2.59. The van der Waals surface area contributed by atoms with Crippen molar-refractivity contribution in [3.8, 4) is 0 Å². The highest BCUT2D eigenvalue weighted by Crippen LogP contribution is 2.08. The van der Waals surface area contributed by atoms with E-state index in [1.165, 1.54) is 22.9 Å². The Morgan fingerprint density at radius 3 is 2.60 bits per heavy atom. The second-order valence-electron chi connectivity index (χ2n) is 3.62. The molecule has 15 heavy (non-hydrogen) atoms. The van der Waals surface area contributed by atoms with Crippen LogP contribution in [0.4, 0.5) is 4.39 Å². The molecule has 0 bridgehead atoms. The maximum Gasteiger partial charge on any atom is 0.203 e. The zero-order valence-corrected chi connectivity index (χ0v) is 8.33. The minimum Gasteiger partial charge on any atom is -0.342 e. The third-order valence-corrected chi connectivity index (χ3v) is 2.55. The molecule has 2 heterocycles. The van der Waals surface area contributed by atoms with Crippen LogP contribution >= 0.6 is 0 Å². The normalized spacial score (nSPS) is 15.7. The van der Waals surface area contributed by atoms with Crippen molar-refractivity contribution in [1.82, 2.24) is 9.47 Å². The molecular formula is C10H13FN4. The summed E-state index contributed by atoms with van der Waals surface area (Å²) in [6.07, 6.45) is 3.31. The lowest BCUT2D eigenvalue weighted by molar-refractivity contribution is 0.489. The molecule has 0 atom stereocenters. The van der Waals surface area contributed by atoms with Crippen LogP contribution in [0.1, 0.15) is 12.8 Å². The summed E-state index contributed by atoms with van der Waals surface area (Å²) in [4.78, 5) is 1.86. The van der Waals surface area contributed by atoms with E-state index in [9.17, 15) is 4.39 Å². The molecule has 2 rings (SSSR count). The first kappa shape index (κ1) is 9.89. The fraction of sp³-hybridized carbons (Fsp3) is 0.400. The molecule has 0 spiro atoms. The van der Waals surface area contributed by atoms with Crippen molar-refractivity contribution in [2.45, 2.75) is 12.8 Å². The van der Waals surface area contributed by atoms with E-state index in [4.69, 9.17) is 10.8 Å². The van der Waals surface area contributed by atoms with Gasteiger partial charge < -0.3 is 4.90 Å². The highest BCUT2D eigenvalue weighted by Gasteiger charge is 2.16. The van der Waals surface area contributed by atoms with Gasteiger partial charge in [-0.1, -0.05) is 0 Å². The number of aromatic nitrogens is 1. The average molecular weight is 208 g/mol. The predicted octanol–water partition coefficient (Wildman–Crippen LogP) is 0.985. The van der Waals surface area contributed by atoms with Gasteiger partial charge in [-0.2, -0.15) is 0 Å². The summed E-state index contributed by atoms with van der Waals surface area (Å²) in [5, 5.41) is 15.5. The Labute approximate surface area is 87.0 Å². The SMILES string of the molecule is N=C(N1CCCC1)n1cc(F)ccc1=N. The van der Waals surface area contributed by atoms with Gasteiger partial charge in [0, 0.05) is 19.3 Å². The van der Waals surface area contributed by atoms with Gasteiger partial charge in [0.25, 0.3) is 0 Å². The molecule has 5 heteroatoms. The maximum absolute atomic E-state index is 13.0. The fourth-order valence-corrected chi connectivity index (χ4v) is 1.73. The Kier molecular flexibility index (Phi) is 2.53. The summed E-state index contributed by atoms with van der Waals surface area (Å²) in [6.45, 7) is 1.64. The highest BCUT2D eigenvalue weighted by molar-refractivity contribution is 5.79. The second kappa shape index (κ2) is 3.84. The zero-order valence-electron chi connectivity index (χ0n) is 8.33. The van der Waals surface area contributed by atoms with E-state index in [0.29, 0.717) is 0 Å². The summed E-state index contributed by atoms with van der Waals surface area (Å²) in [5.41, 5.74) is 0.133. The summed E-state index contributed by atoms with van der Waals surface area (Å²) >= 11 is 0. The molecule has 0 unspecified atom stereocenters. The lowest BCUT2D eigenvalue weighted by atomic mass is 10.4. The number of pyridine rings is 1. The number of hydrogen-bond acceptors (Lipinski definition) is 2. The average Bonchev–Trinajstić information content (AvgIpc) is 2.74. The first-order valence-electron chi connectivity index (χ1n) is 4.95. The van der Waals surface area contributed by atoms with Gasteiger partial charge in [-0.15, -0.1) is 0 Å². The Morgan fingerprint density at radius 2 is 1.93 bits per heavy atom. The summed E-state index contributed by atoms with van der Waals surface area (Å²) in [7, 11) is 0.